The van der Waals surface area contributed by atoms with Crippen LogP contribution < -0.4 is 4.90 Å². The Morgan fingerprint density at radius 3 is 2.70 bits per heavy atom. The summed E-state index contributed by atoms with van der Waals surface area (Å²) in [7, 11) is 0. The van der Waals surface area contributed by atoms with Gasteiger partial charge in [-0.1, -0.05) is 17.7 Å². The molecule has 2 saturated heterocycles. The van der Waals surface area contributed by atoms with Crippen LogP contribution in [0.4, 0.5) is 19.4 Å². The smallest absolute Gasteiger partial charge is 0.411 e. The molecule has 164 valence electrons. The van der Waals surface area contributed by atoms with Crippen molar-refractivity contribution >= 4 is 29.8 Å². The zero-order chi connectivity index (χ0) is 22.3. The van der Waals surface area contributed by atoms with Crippen LogP contribution in [-0.4, -0.2) is 63.7 Å². The number of aromatic nitrogens is 2. The average molecular weight is 443 g/mol. The van der Waals surface area contributed by atoms with Crippen molar-refractivity contribution in [2.75, 3.05) is 11.4 Å². The van der Waals surface area contributed by atoms with Crippen LogP contribution in [0, 0.1) is 0 Å². The first-order chi connectivity index (χ1) is 14.0. The maximum atomic E-state index is 14.8. The van der Waals surface area contributed by atoms with E-state index in [2.05, 4.69) is 16.8 Å². The van der Waals surface area contributed by atoms with Crippen LogP contribution >= 0.6 is 11.6 Å². The second-order valence-corrected chi connectivity index (χ2v) is 9.04. The van der Waals surface area contributed by atoms with Gasteiger partial charge in [-0.15, -0.1) is 16.8 Å². The summed E-state index contributed by atoms with van der Waals surface area (Å²) in [6.07, 6.45) is 1.32. The van der Waals surface area contributed by atoms with Crippen LogP contribution in [0.25, 0.3) is 0 Å². The fraction of sp³-hybridized carbons (Fsp3) is 0.600. The highest BCUT2D eigenvalue weighted by Crippen LogP contribution is 2.47. The van der Waals surface area contributed by atoms with Crippen LogP contribution in [0.1, 0.15) is 50.4 Å². The molecule has 2 aliphatic heterocycles. The number of hydrogen-bond donors (Lipinski definition) is 0. The summed E-state index contributed by atoms with van der Waals surface area (Å²) in [6, 6.07) is -1.00. The van der Waals surface area contributed by atoms with Gasteiger partial charge in [-0.2, -0.15) is 0 Å². The predicted molar refractivity (Wildman–Crippen MR) is 108 cm³/mol. The number of rotatable bonds is 5. The van der Waals surface area contributed by atoms with E-state index in [-0.39, 0.29) is 42.0 Å². The first-order valence-corrected chi connectivity index (χ1v) is 10.1. The zero-order valence-electron chi connectivity index (χ0n) is 17.1. The quantitative estimate of drug-likeness (QED) is 0.504. The fourth-order valence-electron chi connectivity index (χ4n) is 4.23. The van der Waals surface area contributed by atoms with Gasteiger partial charge in [-0.25, -0.2) is 13.6 Å². The van der Waals surface area contributed by atoms with E-state index in [1.165, 1.54) is 11.0 Å². The van der Waals surface area contributed by atoms with E-state index < -0.39 is 36.1 Å². The van der Waals surface area contributed by atoms with Gasteiger partial charge in [0.2, 0.25) is 0 Å². The zero-order valence-corrected chi connectivity index (χ0v) is 17.9. The highest BCUT2D eigenvalue weighted by Gasteiger charge is 2.60. The first-order valence-electron chi connectivity index (χ1n) is 9.72. The van der Waals surface area contributed by atoms with Crippen molar-refractivity contribution < 1.29 is 23.1 Å². The first kappa shape index (κ1) is 22.4. The minimum absolute atomic E-state index is 0.000807. The third-order valence-electron chi connectivity index (χ3n) is 5.31. The number of hydrogen-bond acceptors (Lipinski definition) is 6. The predicted octanol–water partition coefficient (Wildman–Crippen LogP) is 4.11. The molecule has 0 N–H and O–H groups in total. The molecule has 0 saturated carbocycles. The normalized spacial score (nSPS) is 25.0. The topological polar surface area (TPSA) is 75.6 Å². The summed E-state index contributed by atoms with van der Waals surface area (Å²) in [6.45, 7) is 9.09. The number of ether oxygens (including phenoxy) is 1. The summed E-state index contributed by atoms with van der Waals surface area (Å²) in [5, 5.41) is 7.89. The summed E-state index contributed by atoms with van der Waals surface area (Å²) >= 11 is 5.84. The van der Waals surface area contributed by atoms with Crippen LogP contribution in [0.15, 0.2) is 18.7 Å². The molecule has 1 aromatic rings. The second kappa shape index (κ2) is 8.09. The molecule has 3 rings (SSSR count). The monoisotopic (exact) mass is 442 g/mol. The molecule has 3 atom stereocenters. The lowest BCUT2D eigenvalue weighted by molar-refractivity contribution is -0.0493. The van der Waals surface area contributed by atoms with Gasteiger partial charge in [-0.05, 0) is 39.7 Å². The van der Waals surface area contributed by atoms with Crippen molar-refractivity contribution in [1.29, 1.82) is 0 Å². The van der Waals surface area contributed by atoms with Gasteiger partial charge in [0.05, 0.1) is 5.56 Å². The minimum Gasteiger partial charge on any atom is -0.444 e. The molecule has 7 nitrogen and oxygen atoms in total. The molecule has 30 heavy (non-hydrogen) atoms. The van der Waals surface area contributed by atoms with Crippen LogP contribution in [0.5, 0.6) is 0 Å². The summed E-state index contributed by atoms with van der Waals surface area (Å²) in [4.78, 5) is 27.1. The highest BCUT2D eigenvalue weighted by atomic mass is 35.5. The van der Waals surface area contributed by atoms with E-state index in [9.17, 15) is 18.4 Å². The highest BCUT2D eigenvalue weighted by molar-refractivity contribution is 6.29. The number of alkyl halides is 2. The number of carbonyl (C=O) groups is 2. The van der Waals surface area contributed by atoms with E-state index in [0.717, 1.165) is 0 Å². The van der Waals surface area contributed by atoms with Gasteiger partial charge in [0.25, 0.3) is 5.92 Å². The van der Waals surface area contributed by atoms with Gasteiger partial charge in [0.1, 0.15) is 11.6 Å². The third-order valence-corrected chi connectivity index (χ3v) is 5.49. The lowest BCUT2D eigenvalue weighted by Crippen LogP contribution is -2.56. The number of piperidine rings is 1. The third kappa shape index (κ3) is 4.40. The van der Waals surface area contributed by atoms with Crippen LogP contribution in [0.2, 0.25) is 5.15 Å². The number of nitrogens with zero attached hydrogens (tertiary/aromatic N) is 4. The van der Waals surface area contributed by atoms with Gasteiger partial charge >= 0.3 is 6.09 Å². The van der Waals surface area contributed by atoms with Crippen molar-refractivity contribution in [3.63, 3.8) is 0 Å². The summed E-state index contributed by atoms with van der Waals surface area (Å²) in [5.74, 6) is -2.78. The molecule has 2 fully saturated rings. The molecule has 2 aliphatic rings. The molecular formula is C20H25ClF2N4O3. The lowest BCUT2D eigenvalue weighted by atomic mass is 9.95. The lowest BCUT2D eigenvalue weighted by Gasteiger charge is -2.43. The van der Waals surface area contributed by atoms with Crippen molar-refractivity contribution in [3.05, 3.63) is 29.4 Å². The van der Waals surface area contributed by atoms with E-state index in [4.69, 9.17) is 16.3 Å². The number of halogens is 3. The van der Waals surface area contributed by atoms with E-state index in [1.807, 2.05) is 0 Å². The van der Waals surface area contributed by atoms with Crippen molar-refractivity contribution in [3.8, 4) is 0 Å². The van der Waals surface area contributed by atoms with E-state index in [1.54, 1.807) is 31.7 Å². The van der Waals surface area contributed by atoms with Gasteiger partial charge in [0.15, 0.2) is 17.3 Å². The Morgan fingerprint density at radius 1 is 1.43 bits per heavy atom. The maximum Gasteiger partial charge on any atom is 0.411 e. The Kier molecular flexibility index (Phi) is 6.04. The summed E-state index contributed by atoms with van der Waals surface area (Å²) < 4.78 is 34.9. The Morgan fingerprint density at radius 2 is 2.13 bits per heavy atom. The van der Waals surface area contributed by atoms with Crippen LogP contribution in [-0.2, 0) is 4.74 Å². The fourth-order valence-corrected chi connectivity index (χ4v) is 4.39. The Balaban J connectivity index is 1.91. The minimum atomic E-state index is -3.03. The van der Waals surface area contributed by atoms with Crippen molar-refractivity contribution in [2.24, 2.45) is 0 Å². The Hall–Kier alpha value is -2.29. The summed E-state index contributed by atoms with van der Waals surface area (Å²) in [5.41, 5.74) is -0.569. The van der Waals surface area contributed by atoms with Gasteiger partial charge in [-0.3, -0.25) is 9.69 Å². The molecule has 3 heterocycles. The van der Waals surface area contributed by atoms with E-state index >= 15 is 0 Å². The molecular weight excluding hydrogens is 418 g/mol. The largest absolute Gasteiger partial charge is 0.444 e. The second-order valence-electron chi connectivity index (χ2n) is 8.65. The SMILES string of the molecule is C=CCN(c1nnc(Cl)cc1C=O)[C@H]1CC2N(C(=O)OC(C)(C)C)[C@@H](C1)CC2(F)F. The number of carbonyl (C=O) groups excluding carboxylic acids is 2. The van der Waals surface area contributed by atoms with Crippen LogP contribution in [0.3, 0.4) is 0 Å². The number of anilines is 1. The number of fused-ring (bicyclic) bond motifs is 2. The number of aldehydes is 1. The molecule has 0 spiro atoms. The average Bonchev–Trinajstić information content (AvgIpc) is 2.80. The molecule has 1 unspecified atom stereocenters. The standard InChI is InChI=1S/C20H25ClF2N4O3/c1-5-6-26(17-12(11-28)7-16(21)24-25-17)13-8-14-10-20(22,23)15(9-13)27(14)18(29)30-19(2,3)4/h5,7,11,13-15H,1,6,8-10H2,2-4H3/t13-,14+,15?/m1/s1. The van der Waals surface area contributed by atoms with Crippen molar-refractivity contribution in [1.82, 2.24) is 15.1 Å². The molecule has 0 aliphatic carbocycles. The molecule has 0 radical (unpaired) electrons. The molecule has 1 amide bonds. The molecule has 1 aromatic heterocycles. The number of amides is 1. The maximum absolute atomic E-state index is 14.8. The molecule has 10 heteroatoms. The van der Waals surface area contributed by atoms with Gasteiger partial charge in [0, 0.05) is 25.0 Å². The molecule has 2 bridgehead atoms. The molecule has 0 aromatic carbocycles. The Labute approximate surface area is 179 Å². The Bertz CT molecular complexity index is 846. The van der Waals surface area contributed by atoms with Crippen molar-refractivity contribution in [2.45, 2.75) is 69.7 Å². The van der Waals surface area contributed by atoms with Gasteiger partial charge < -0.3 is 9.64 Å². The van der Waals surface area contributed by atoms with E-state index in [0.29, 0.717) is 6.29 Å².